The zero-order valence-corrected chi connectivity index (χ0v) is 13.0. The van der Waals surface area contributed by atoms with E-state index in [1.54, 1.807) is 11.3 Å². The van der Waals surface area contributed by atoms with E-state index in [2.05, 4.69) is 46.5 Å². The number of thiophene rings is 1. The van der Waals surface area contributed by atoms with E-state index in [4.69, 9.17) is 5.11 Å². The molecule has 2 atom stereocenters. The second kappa shape index (κ2) is 8.25. The summed E-state index contributed by atoms with van der Waals surface area (Å²) in [7, 11) is 0. The Balaban J connectivity index is 2.37. The standard InChI is InChI=1S/C13H22BrNOS/c1-3-4-11(5-6-16)8-15-10(2)13-7-12(14)9-17-13/h7,9-11,15-16H,3-6,8H2,1-2H3. The van der Waals surface area contributed by atoms with Crippen molar-refractivity contribution in [2.24, 2.45) is 5.92 Å². The second-order valence-electron chi connectivity index (χ2n) is 4.46. The van der Waals surface area contributed by atoms with Gasteiger partial charge in [0, 0.05) is 27.4 Å². The number of halogens is 1. The van der Waals surface area contributed by atoms with Crippen molar-refractivity contribution in [1.29, 1.82) is 0 Å². The van der Waals surface area contributed by atoms with Gasteiger partial charge < -0.3 is 10.4 Å². The number of rotatable bonds is 8. The molecule has 1 aromatic rings. The number of hydrogen-bond acceptors (Lipinski definition) is 3. The number of aliphatic hydroxyl groups excluding tert-OH is 1. The molecule has 2 unspecified atom stereocenters. The lowest BCUT2D eigenvalue weighted by molar-refractivity contribution is 0.246. The van der Waals surface area contributed by atoms with Gasteiger partial charge in [-0.25, -0.2) is 0 Å². The molecular weight excluding hydrogens is 298 g/mol. The molecule has 0 radical (unpaired) electrons. The van der Waals surface area contributed by atoms with Crippen LogP contribution >= 0.6 is 27.3 Å². The molecule has 98 valence electrons. The fourth-order valence-electron chi connectivity index (χ4n) is 1.94. The zero-order chi connectivity index (χ0) is 12.7. The van der Waals surface area contributed by atoms with E-state index in [1.807, 2.05) is 0 Å². The predicted octanol–water partition coefficient (Wildman–Crippen LogP) is 3.96. The van der Waals surface area contributed by atoms with Gasteiger partial charge in [-0.2, -0.15) is 0 Å². The average molecular weight is 320 g/mol. The minimum atomic E-state index is 0.297. The van der Waals surface area contributed by atoms with Crippen molar-refractivity contribution in [3.63, 3.8) is 0 Å². The molecule has 0 spiro atoms. The summed E-state index contributed by atoms with van der Waals surface area (Å²) in [5.41, 5.74) is 0. The summed E-state index contributed by atoms with van der Waals surface area (Å²) in [5.74, 6) is 0.593. The van der Waals surface area contributed by atoms with Gasteiger partial charge in [-0.1, -0.05) is 13.3 Å². The summed E-state index contributed by atoms with van der Waals surface area (Å²) < 4.78 is 1.16. The largest absolute Gasteiger partial charge is 0.396 e. The minimum absolute atomic E-state index is 0.297. The summed E-state index contributed by atoms with van der Waals surface area (Å²) in [5, 5.41) is 14.7. The maximum atomic E-state index is 9.02. The lowest BCUT2D eigenvalue weighted by Crippen LogP contribution is -2.26. The van der Waals surface area contributed by atoms with Crippen molar-refractivity contribution in [1.82, 2.24) is 5.32 Å². The van der Waals surface area contributed by atoms with Crippen LogP contribution in [0.4, 0.5) is 0 Å². The highest BCUT2D eigenvalue weighted by Crippen LogP contribution is 2.25. The number of nitrogens with one attached hydrogen (secondary N) is 1. The van der Waals surface area contributed by atoms with Crippen LogP contribution in [0, 0.1) is 5.92 Å². The molecule has 0 aromatic carbocycles. The van der Waals surface area contributed by atoms with E-state index in [-0.39, 0.29) is 0 Å². The zero-order valence-electron chi connectivity index (χ0n) is 10.6. The first kappa shape index (κ1) is 15.2. The van der Waals surface area contributed by atoms with Crippen molar-refractivity contribution < 1.29 is 5.11 Å². The smallest absolute Gasteiger partial charge is 0.0434 e. The molecule has 2 nitrogen and oxygen atoms in total. The molecule has 0 aliphatic rings. The number of aliphatic hydroxyl groups is 1. The highest BCUT2D eigenvalue weighted by molar-refractivity contribution is 9.10. The van der Waals surface area contributed by atoms with Crippen LogP contribution in [0.25, 0.3) is 0 Å². The predicted molar refractivity (Wildman–Crippen MR) is 78.5 cm³/mol. The summed E-state index contributed by atoms with van der Waals surface area (Å²) in [4.78, 5) is 1.36. The van der Waals surface area contributed by atoms with E-state index < -0.39 is 0 Å². The Hall–Kier alpha value is 0.1000. The molecule has 1 aromatic heterocycles. The Morgan fingerprint density at radius 1 is 1.47 bits per heavy atom. The van der Waals surface area contributed by atoms with Gasteiger partial charge in [0.15, 0.2) is 0 Å². The van der Waals surface area contributed by atoms with E-state index in [0.29, 0.717) is 18.6 Å². The second-order valence-corrected chi connectivity index (χ2v) is 6.32. The molecule has 17 heavy (non-hydrogen) atoms. The molecule has 4 heteroatoms. The maximum absolute atomic E-state index is 9.02. The monoisotopic (exact) mass is 319 g/mol. The molecule has 0 amide bonds. The highest BCUT2D eigenvalue weighted by atomic mass is 79.9. The van der Waals surface area contributed by atoms with Crippen LogP contribution in [0.15, 0.2) is 15.9 Å². The third-order valence-electron chi connectivity index (χ3n) is 2.96. The van der Waals surface area contributed by atoms with Crippen molar-refractivity contribution in [2.75, 3.05) is 13.2 Å². The summed E-state index contributed by atoms with van der Waals surface area (Å²) in [6, 6.07) is 2.56. The maximum Gasteiger partial charge on any atom is 0.0434 e. The molecule has 0 aliphatic carbocycles. The Morgan fingerprint density at radius 3 is 2.76 bits per heavy atom. The van der Waals surface area contributed by atoms with E-state index in [9.17, 15) is 0 Å². The van der Waals surface area contributed by atoms with Gasteiger partial charge in [0.1, 0.15) is 0 Å². The molecule has 1 rings (SSSR count). The van der Waals surface area contributed by atoms with Crippen LogP contribution in [-0.4, -0.2) is 18.3 Å². The molecule has 2 N–H and O–H groups in total. The van der Waals surface area contributed by atoms with Crippen molar-refractivity contribution >= 4 is 27.3 Å². The lowest BCUT2D eigenvalue weighted by atomic mass is 10.00. The van der Waals surface area contributed by atoms with E-state index in [0.717, 1.165) is 17.4 Å². The number of hydrogen-bond donors (Lipinski definition) is 2. The summed E-state index contributed by atoms with van der Waals surface area (Å²) in [6.45, 7) is 5.68. The SMILES string of the molecule is CCCC(CCO)CNC(C)c1cc(Br)cs1. The van der Waals surface area contributed by atoms with Gasteiger partial charge in [0.2, 0.25) is 0 Å². The van der Waals surface area contributed by atoms with Crippen LogP contribution < -0.4 is 5.32 Å². The van der Waals surface area contributed by atoms with Crippen molar-refractivity contribution in [3.8, 4) is 0 Å². The quantitative estimate of drug-likeness (QED) is 0.760. The Labute approximate surface area is 117 Å². The molecular formula is C13H22BrNOS. The Morgan fingerprint density at radius 2 is 2.24 bits per heavy atom. The molecule has 0 aliphatic heterocycles. The van der Waals surface area contributed by atoms with Crippen molar-refractivity contribution in [2.45, 2.75) is 39.2 Å². The molecule has 0 saturated carbocycles. The summed E-state index contributed by atoms with van der Waals surface area (Å²) >= 11 is 5.26. The van der Waals surface area contributed by atoms with Crippen LogP contribution in [0.2, 0.25) is 0 Å². The average Bonchev–Trinajstić information content (AvgIpc) is 2.73. The normalized spacial score (nSPS) is 14.8. The first-order valence-electron chi connectivity index (χ1n) is 6.25. The molecule has 0 bridgehead atoms. The third-order valence-corrected chi connectivity index (χ3v) is 4.84. The van der Waals surface area contributed by atoms with Gasteiger partial charge in [-0.3, -0.25) is 0 Å². The van der Waals surface area contributed by atoms with Crippen molar-refractivity contribution in [3.05, 3.63) is 20.8 Å². The van der Waals surface area contributed by atoms with Gasteiger partial charge in [-0.15, -0.1) is 11.3 Å². The van der Waals surface area contributed by atoms with Crippen LogP contribution in [0.3, 0.4) is 0 Å². The molecule has 0 saturated heterocycles. The van der Waals surface area contributed by atoms with Crippen LogP contribution in [0.1, 0.15) is 44.0 Å². The van der Waals surface area contributed by atoms with Crippen LogP contribution in [-0.2, 0) is 0 Å². The fourth-order valence-corrected chi connectivity index (χ4v) is 3.42. The minimum Gasteiger partial charge on any atom is -0.396 e. The van der Waals surface area contributed by atoms with Gasteiger partial charge in [-0.05, 0) is 54.2 Å². The van der Waals surface area contributed by atoms with Gasteiger partial charge >= 0.3 is 0 Å². The lowest BCUT2D eigenvalue weighted by Gasteiger charge is -2.19. The Bertz CT molecular complexity index is 310. The van der Waals surface area contributed by atoms with Gasteiger partial charge in [0.05, 0.1) is 0 Å². The van der Waals surface area contributed by atoms with E-state index in [1.165, 1.54) is 17.7 Å². The van der Waals surface area contributed by atoms with Crippen LogP contribution in [0.5, 0.6) is 0 Å². The first-order chi connectivity index (χ1) is 8.17. The Kier molecular flexibility index (Phi) is 7.35. The topological polar surface area (TPSA) is 32.3 Å². The molecule has 1 heterocycles. The van der Waals surface area contributed by atoms with E-state index >= 15 is 0 Å². The summed E-state index contributed by atoms with van der Waals surface area (Å²) in [6.07, 6.45) is 3.28. The highest BCUT2D eigenvalue weighted by Gasteiger charge is 2.11. The fraction of sp³-hybridized carbons (Fsp3) is 0.692. The first-order valence-corrected chi connectivity index (χ1v) is 7.92. The third kappa shape index (κ3) is 5.51. The van der Waals surface area contributed by atoms with Gasteiger partial charge in [0.25, 0.3) is 0 Å². The molecule has 0 fully saturated rings.